The van der Waals surface area contributed by atoms with Crippen molar-refractivity contribution in [2.75, 3.05) is 0 Å². The molecule has 1 aliphatic carbocycles. The molecule has 5 nitrogen and oxygen atoms in total. The molecule has 0 saturated carbocycles. The second kappa shape index (κ2) is 10.8. The van der Waals surface area contributed by atoms with Crippen molar-refractivity contribution in [2.45, 2.75) is 77.0 Å². The van der Waals surface area contributed by atoms with E-state index in [-0.39, 0.29) is 22.6 Å². The second-order valence-corrected chi connectivity index (χ2v) is 11.9. The van der Waals surface area contributed by atoms with E-state index in [0.717, 1.165) is 40.0 Å². The van der Waals surface area contributed by atoms with Gasteiger partial charge in [0.1, 0.15) is 16.0 Å². The van der Waals surface area contributed by atoms with Crippen LogP contribution in [-0.4, -0.2) is 13.5 Å². The van der Waals surface area contributed by atoms with E-state index < -0.39 is 10.1 Å². The first kappa shape index (κ1) is 26.1. The van der Waals surface area contributed by atoms with Crippen LogP contribution in [0.5, 0.6) is 0 Å². The number of hydrogen-bond donors (Lipinski definition) is 0. The number of nitriles is 1. The van der Waals surface area contributed by atoms with Gasteiger partial charge in [0.15, 0.2) is 0 Å². The number of thioether (sulfide) groups is 1. The van der Waals surface area contributed by atoms with Gasteiger partial charge in [-0.2, -0.15) is 13.7 Å². The van der Waals surface area contributed by atoms with Gasteiger partial charge in [-0.1, -0.05) is 88.8 Å². The molecule has 34 heavy (non-hydrogen) atoms. The van der Waals surface area contributed by atoms with Gasteiger partial charge in [-0.3, -0.25) is 4.28 Å². The molecular weight excluding hydrogens is 464 g/mol. The lowest BCUT2D eigenvalue weighted by Crippen LogP contribution is -2.13. The molecule has 0 radical (unpaired) electrons. The molecule has 0 spiro atoms. The molecule has 0 N–H and O–H groups in total. The number of hydrogen-bond acceptors (Lipinski definition) is 6. The molecule has 3 rings (SSSR count). The summed E-state index contributed by atoms with van der Waals surface area (Å²) in [5.41, 5.74) is 4.16. The zero-order valence-corrected chi connectivity index (χ0v) is 22.3. The van der Waals surface area contributed by atoms with Gasteiger partial charge in [-0.25, -0.2) is 0 Å². The Morgan fingerprint density at radius 1 is 1.06 bits per heavy atom. The zero-order chi connectivity index (χ0) is 25.0. The molecule has 1 heterocycles. The minimum atomic E-state index is -4.14. The van der Waals surface area contributed by atoms with Crippen molar-refractivity contribution in [3.05, 3.63) is 75.3 Å². The third-order valence-corrected chi connectivity index (χ3v) is 8.06. The second-order valence-electron chi connectivity index (χ2n) is 9.40. The minimum Gasteiger partial charge on any atom is -0.264 e. The van der Waals surface area contributed by atoms with Crippen LogP contribution in [0.1, 0.15) is 88.8 Å². The van der Waals surface area contributed by atoms with Crippen LogP contribution in [0, 0.1) is 11.3 Å². The van der Waals surface area contributed by atoms with E-state index in [9.17, 15) is 13.7 Å². The van der Waals surface area contributed by atoms with E-state index in [0.29, 0.717) is 10.6 Å². The van der Waals surface area contributed by atoms with Gasteiger partial charge in [-0.05, 0) is 65.0 Å². The molecule has 1 aliphatic heterocycles. The Morgan fingerprint density at radius 2 is 1.71 bits per heavy atom. The summed E-state index contributed by atoms with van der Waals surface area (Å²) in [6, 6.07) is 6.22. The third kappa shape index (κ3) is 5.73. The predicted octanol–water partition coefficient (Wildman–Crippen LogP) is 7.43. The molecule has 0 bridgehead atoms. The highest BCUT2D eigenvalue weighted by Crippen LogP contribution is 2.37. The molecular formula is C27H32N2O3S2. The van der Waals surface area contributed by atoms with E-state index in [4.69, 9.17) is 4.28 Å². The van der Waals surface area contributed by atoms with Crippen LogP contribution in [0.4, 0.5) is 0 Å². The van der Waals surface area contributed by atoms with Crippen molar-refractivity contribution in [1.29, 1.82) is 5.26 Å². The molecule has 1 aromatic rings. The van der Waals surface area contributed by atoms with Gasteiger partial charge in [0.2, 0.25) is 0 Å². The normalized spacial score (nSPS) is 18.7. The maximum absolute atomic E-state index is 13.4. The minimum absolute atomic E-state index is 0.00326. The summed E-state index contributed by atoms with van der Waals surface area (Å²) in [5.74, 6) is 0.286. The summed E-state index contributed by atoms with van der Waals surface area (Å²) >= 11 is 1.24. The lowest BCUT2D eigenvalue weighted by molar-refractivity contribution is 0.339. The van der Waals surface area contributed by atoms with Crippen molar-refractivity contribution in [2.24, 2.45) is 5.16 Å². The standard InChI is InChI=1S/C27H32N2O3S2/c1-17(2)21-14-22(18(3)4)27(23(15-21)19(5)6)34(30,31)32-29-26-13-12-25(33-26)24(16-28)20-10-8-7-9-11-20/h7-8,10,12-15,17-19H,9,11H2,1-6H3/b25-24-,29-26-. The van der Waals surface area contributed by atoms with Gasteiger partial charge in [-0.15, -0.1) is 0 Å². The first-order valence-corrected chi connectivity index (χ1v) is 13.8. The molecule has 0 amide bonds. The number of benzene rings is 1. The highest BCUT2D eigenvalue weighted by Gasteiger charge is 2.29. The van der Waals surface area contributed by atoms with Crippen molar-refractivity contribution >= 4 is 26.9 Å². The quantitative estimate of drug-likeness (QED) is 0.290. The summed E-state index contributed by atoms with van der Waals surface area (Å²) in [4.78, 5) is 0.960. The molecule has 2 aliphatic rings. The van der Waals surface area contributed by atoms with Crippen molar-refractivity contribution < 1.29 is 12.7 Å². The Kier molecular flexibility index (Phi) is 8.27. The lowest BCUT2D eigenvalue weighted by atomic mass is 9.89. The topological polar surface area (TPSA) is 79.5 Å². The molecule has 7 heteroatoms. The zero-order valence-electron chi connectivity index (χ0n) is 20.6. The molecule has 180 valence electrons. The van der Waals surface area contributed by atoms with E-state index in [2.05, 4.69) is 31.1 Å². The van der Waals surface area contributed by atoms with Gasteiger partial charge in [0.25, 0.3) is 0 Å². The van der Waals surface area contributed by atoms with Crippen molar-refractivity contribution in [3.63, 3.8) is 0 Å². The Morgan fingerprint density at radius 3 is 2.21 bits per heavy atom. The van der Waals surface area contributed by atoms with Crippen LogP contribution in [0.2, 0.25) is 0 Å². The first-order valence-electron chi connectivity index (χ1n) is 11.6. The maximum atomic E-state index is 13.4. The molecule has 0 fully saturated rings. The van der Waals surface area contributed by atoms with E-state index >= 15 is 0 Å². The Labute approximate surface area is 208 Å². The average molecular weight is 497 g/mol. The predicted molar refractivity (Wildman–Crippen MR) is 140 cm³/mol. The lowest BCUT2D eigenvalue weighted by Gasteiger charge is -2.21. The molecule has 1 aromatic carbocycles. The molecule has 0 aromatic heterocycles. The van der Waals surface area contributed by atoms with Crippen LogP contribution in [0.25, 0.3) is 0 Å². The van der Waals surface area contributed by atoms with Crippen LogP contribution >= 0.6 is 11.8 Å². The molecule has 0 atom stereocenters. The SMILES string of the molecule is CC(C)c1cc(C(C)C)c(S(=O)(=O)O/N=C2C=C/C(=C(\C#N)C3=CC=CCC3)S/2)c(C(C)C)c1. The fourth-order valence-corrected chi connectivity index (χ4v) is 6.23. The number of oxime groups is 1. The van der Waals surface area contributed by atoms with Crippen LogP contribution in [-0.2, 0) is 14.4 Å². The Bertz CT molecular complexity index is 1230. The number of allylic oxidation sites excluding steroid dienone is 6. The highest BCUT2D eigenvalue weighted by molar-refractivity contribution is 8.18. The van der Waals surface area contributed by atoms with Crippen LogP contribution < -0.4 is 0 Å². The maximum Gasteiger partial charge on any atom is 0.359 e. The van der Waals surface area contributed by atoms with Crippen molar-refractivity contribution in [3.8, 4) is 6.07 Å². The summed E-state index contributed by atoms with van der Waals surface area (Å²) in [5, 5.41) is 14.0. The van der Waals surface area contributed by atoms with Crippen LogP contribution in [0.15, 0.2) is 68.6 Å². The first-order chi connectivity index (χ1) is 16.0. The highest BCUT2D eigenvalue weighted by atomic mass is 32.2. The summed E-state index contributed by atoms with van der Waals surface area (Å²) in [6.07, 6.45) is 11.1. The van der Waals surface area contributed by atoms with Gasteiger partial charge in [0.05, 0.1) is 5.57 Å². The smallest absolute Gasteiger partial charge is 0.264 e. The van der Waals surface area contributed by atoms with E-state index in [1.54, 1.807) is 12.2 Å². The Hall–Kier alpha value is -2.56. The Balaban J connectivity index is 1.95. The fraction of sp³-hybridized carbons (Fsp3) is 0.407. The molecule has 0 unspecified atom stereocenters. The number of nitrogens with zero attached hydrogens (tertiary/aromatic N) is 2. The van der Waals surface area contributed by atoms with Gasteiger partial charge < -0.3 is 0 Å². The van der Waals surface area contributed by atoms with Crippen LogP contribution in [0.3, 0.4) is 0 Å². The summed E-state index contributed by atoms with van der Waals surface area (Å²) in [6.45, 7) is 12.1. The molecule has 0 saturated heterocycles. The summed E-state index contributed by atoms with van der Waals surface area (Å²) in [7, 11) is -4.14. The van der Waals surface area contributed by atoms with E-state index in [1.807, 2.05) is 52.0 Å². The third-order valence-electron chi connectivity index (χ3n) is 5.84. The largest absolute Gasteiger partial charge is 0.359 e. The van der Waals surface area contributed by atoms with Gasteiger partial charge >= 0.3 is 10.1 Å². The fourth-order valence-electron chi connectivity index (χ4n) is 3.91. The monoisotopic (exact) mass is 496 g/mol. The van der Waals surface area contributed by atoms with Crippen molar-refractivity contribution in [1.82, 2.24) is 0 Å². The van der Waals surface area contributed by atoms with E-state index in [1.165, 1.54) is 11.8 Å². The summed E-state index contributed by atoms with van der Waals surface area (Å²) < 4.78 is 32.0. The van der Waals surface area contributed by atoms with Gasteiger partial charge in [0, 0.05) is 4.91 Å². The number of rotatable bonds is 7. The average Bonchev–Trinajstić information content (AvgIpc) is 3.26.